The zero-order valence-corrected chi connectivity index (χ0v) is 15.1. The lowest BCUT2D eigenvalue weighted by Gasteiger charge is -2.29. The van der Waals surface area contributed by atoms with Crippen LogP contribution >= 0.6 is 23.2 Å². The lowest BCUT2D eigenvalue weighted by atomic mass is 10.2. The second-order valence-corrected chi connectivity index (χ2v) is 6.31. The number of hydrogen-bond acceptors (Lipinski definition) is 4. The van der Waals surface area contributed by atoms with Crippen LogP contribution in [0.4, 0.5) is 5.69 Å². The number of nitrogens with one attached hydrogen (secondary N) is 1. The van der Waals surface area contributed by atoms with Crippen molar-refractivity contribution in [3.05, 3.63) is 58.1 Å². The maximum Gasteiger partial charge on any atom is 0.258 e. The summed E-state index contributed by atoms with van der Waals surface area (Å²) >= 11 is 11.9. The Hall–Kier alpha value is -2.24. The number of benzene rings is 2. The largest absolute Gasteiger partial charge is 0.497 e. The molecule has 0 aromatic heterocycles. The fourth-order valence-electron chi connectivity index (χ4n) is 2.54. The summed E-state index contributed by atoms with van der Waals surface area (Å²) in [7, 11) is 1.63. The summed E-state index contributed by atoms with van der Waals surface area (Å²) in [4.78, 5) is 18.9. The average molecular weight is 378 g/mol. The van der Waals surface area contributed by atoms with Gasteiger partial charge in [0.25, 0.3) is 5.91 Å². The highest BCUT2D eigenvalue weighted by atomic mass is 35.5. The molecule has 2 aromatic carbocycles. The minimum atomic E-state index is -0.280. The Morgan fingerprint density at radius 2 is 1.92 bits per heavy atom. The van der Waals surface area contributed by atoms with Crippen molar-refractivity contribution >= 4 is 40.8 Å². The number of hydrogen-bond donors (Lipinski definition) is 1. The molecular formula is C18H17Cl2N3O2. The predicted octanol–water partition coefficient (Wildman–Crippen LogP) is 4.00. The maximum atomic E-state index is 12.5. The van der Waals surface area contributed by atoms with Gasteiger partial charge in [-0.05, 0) is 48.9 Å². The highest BCUT2D eigenvalue weighted by Gasteiger charge is 2.20. The monoisotopic (exact) mass is 377 g/mol. The van der Waals surface area contributed by atoms with Crippen LogP contribution in [0.25, 0.3) is 0 Å². The number of guanidine groups is 1. The quantitative estimate of drug-likeness (QED) is 0.879. The molecule has 0 saturated carbocycles. The number of halogens is 2. The van der Waals surface area contributed by atoms with Crippen LogP contribution in [0.15, 0.2) is 47.5 Å². The Kier molecular flexibility index (Phi) is 5.46. The molecular weight excluding hydrogens is 361 g/mol. The van der Waals surface area contributed by atoms with Crippen LogP contribution in [-0.4, -0.2) is 32.1 Å². The molecule has 3 rings (SSSR count). The molecule has 2 aromatic rings. The normalized spacial score (nSPS) is 14.0. The van der Waals surface area contributed by atoms with E-state index in [1.807, 2.05) is 29.2 Å². The number of aliphatic imine (C=N–C) groups is 1. The van der Waals surface area contributed by atoms with Gasteiger partial charge in [-0.2, -0.15) is 0 Å². The van der Waals surface area contributed by atoms with Crippen LogP contribution in [0.2, 0.25) is 10.0 Å². The zero-order valence-electron chi connectivity index (χ0n) is 13.6. The molecule has 0 fully saturated rings. The van der Waals surface area contributed by atoms with Gasteiger partial charge in [0.1, 0.15) is 5.75 Å². The van der Waals surface area contributed by atoms with E-state index in [4.69, 9.17) is 27.9 Å². The summed E-state index contributed by atoms with van der Waals surface area (Å²) in [5, 5.41) is 3.61. The van der Waals surface area contributed by atoms with E-state index in [0.29, 0.717) is 28.1 Å². The average Bonchev–Trinajstić information content (AvgIpc) is 2.64. The van der Waals surface area contributed by atoms with Crippen LogP contribution in [0.5, 0.6) is 5.75 Å². The van der Waals surface area contributed by atoms with Gasteiger partial charge in [-0.25, -0.2) is 0 Å². The molecule has 25 heavy (non-hydrogen) atoms. The number of amides is 1. The van der Waals surface area contributed by atoms with Crippen LogP contribution in [0.3, 0.4) is 0 Å². The molecule has 0 saturated heterocycles. The highest BCUT2D eigenvalue weighted by molar-refractivity contribution is 6.42. The molecule has 1 aliphatic heterocycles. The van der Waals surface area contributed by atoms with E-state index < -0.39 is 0 Å². The van der Waals surface area contributed by atoms with Crippen molar-refractivity contribution in [2.45, 2.75) is 6.42 Å². The van der Waals surface area contributed by atoms with Crippen molar-refractivity contribution in [3.63, 3.8) is 0 Å². The third-order valence-electron chi connectivity index (χ3n) is 3.85. The van der Waals surface area contributed by atoms with Crippen LogP contribution in [0.1, 0.15) is 16.8 Å². The third-order valence-corrected chi connectivity index (χ3v) is 4.59. The molecule has 0 aliphatic carbocycles. The first-order valence-corrected chi connectivity index (χ1v) is 8.56. The van der Waals surface area contributed by atoms with E-state index >= 15 is 0 Å². The molecule has 1 N–H and O–H groups in total. The first-order chi connectivity index (χ1) is 12.1. The molecule has 7 heteroatoms. The minimum absolute atomic E-state index is 0.280. The number of carbonyl (C=O) groups excluding carboxylic acids is 1. The van der Waals surface area contributed by atoms with Gasteiger partial charge in [-0.3, -0.25) is 15.1 Å². The summed E-state index contributed by atoms with van der Waals surface area (Å²) in [6, 6.07) is 12.4. The number of anilines is 1. The molecule has 5 nitrogen and oxygen atoms in total. The second kappa shape index (κ2) is 7.76. The van der Waals surface area contributed by atoms with Gasteiger partial charge in [0.2, 0.25) is 5.96 Å². The van der Waals surface area contributed by atoms with Crippen molar-refractivity contribution in [1.29, 1.82) is 0 Å². The maximum absolute atomic E-state index is 12.5. The lowest BCUT2D eigenvalue weighted by Crippen LogP contribution is -2.47. The van der Waals surface area contributed by atoms with Crippen LogP contribution < -0.4 is 15.0 Å². The molecule has 0 unspecified atom stereocenters. The Morgan fingerprint density at radius 1 is 1.16 bits per heavy atom. The van der Waals surface area contributed by atoms with Gasteiger partial charge in [0, 0.05) is 24.3 Å². The molecule has 130 valence electrons. The van der Waals surface area contributed by atoms with E-state index in [1.54, 1.807) is 25.3 Å². The van der Waals surface area contributed by atoms with E-state index in [2.05, 4.69) is 10.3 Å². The van der Waals surface area contributed by atoms with E-state index in [0.717, 1.165) is 24.4 Å². The van der Waals surface area contributed by atoms with E-state index in [1.165, 1.54) is 0 Å². The molecule has 0 spiro atoms. The fraction of sp³-hybridized carbons (Fsp3) is 0.222. The van der Waals surface area contributed by atoms with Gasteiger partial charge >= 0.3 is 0 Å². The summed E-state index contributed by atoms with van der Waals surface area (Å²) in [6.45, 7) is 1.44. The molecule has 0 bridgehead atoms. The third kappa shape index (κ3) is 4.06. The summed E-state index contributed by atoms with van der Waals surface area (Å²) in [6.07, 6.45) is 0.915. The number of ether oxygens (including phenoxy) is 1. The van der Waals surface area contributed by atoms with Crippen LogP contribution in [0, 0.1) is 0 Å². The minimum Gasteiger partial charge on any atom is -0.497 e. The topological polar surface area (TPSA) is 53.9 Å². The first kappa shape index (κ1) is 17.6. The molecule has 1 aliphatic rings. The number of nitrogens with zero attached hydrogens (tertiary/aromatic N) is 2. The van der Waals surface area contributed by atoms with Crippen molar-refractivity contribution in [3.8, 4) is 5.75 Å². The molecule has 0 radical (unpaired) electrons. The van der Waals surface area contributed by atoms with Gasteiger partial charge in [-0.15, -0.1) is 0 Å². The standard InChI is InChI=1S/C18H17Cl2N3O2/c1-25-14-6-4-13(5-7-14)23-10-2-9-21-18(23)22-17(24)12-3-8-15(19)16(20)11-12/h3-8,11H,2,9-10H2,1H3,(H,21,22,24). The Morgan fingerprint density at radius 3 is 2.60 bits per heavy atom. The summed E-state index contributed by atoms with van der Waals surface area (Å²) in [5.74, 6) is 1.02. The fourth-order valence-corrected chi connectivity index (χ4v) is 2.83. The Balaban J connectivity index is 1.79. The van der Waals surface area contributed by atoms with Gasteiger partial charge < -0.3 is 9.64 Å². The van der Waals surface area contributed by atoms with Crippen molar-refractivity contribution < 1.29 is 9.53 Å². The number of methoxy groups -OCH3 is 1. The summed E-state index contributed by atoms with van der Waals surface area (Å²) < 4.78 is 5.18. The number of rotatable bonds is 3. The van der Waals surface area contributed by atoms with E-state index in [9.17, 15) is 4.79 Å². The van der Waals surface area contributed by atoms with Crippen LogP contribution in [-0.2, 0) is 0 Å². The molecule has 1 amide bonds. The van der Waals surface area contributed by atoms with Crippen molar-refractivity contribution in [2.24, 2.45) is 4.99 Å². The Bertz CT molecular complexity index is 806. The highest BCUT2D eigenvalue weighted by Crippen LogP contribution is 2.23. The molecule has 1 heterocycles. The van der Waals surface area contributed by atoms with E-state index in [-0.39, 0.29) is 5.91 Å². The van der Waals surface area contributed by atoms with Gasteiger partial charge in [0.15, 0.2) is 0 Å². The molecule has 0 atom stereocenters. The Labute approximate surface area is 156 Å². The van der Waals surface area contributed by atoms with Gasteiger partial charge in [0.05, 0.1) is 17.2 Å². The van der Waals surface area contributed by atoms with Gasteiger partial charge in [-0.1, -0.05) is 23.2 Å². The smallest absolute Gasteiger partial charge is 0.258 e. The summed E-state index contributed by atoms with van der Waals surface area (Å²) in [5.41, 5.74) is 1.37. The SMILES string of the molecule is COc1ccc(N2CCCN=C2NC(=O)c2ccc(Cl)c(Cl)c2)cc1. The van der Waals surface area contributed by atoms with Crippen molar-refractivity contribution in [1.82, 2.24) is 5.32 Å². The predicted molar refractivity (Wildman–Crippen MR) is 101 cm³/mol. The second-order valence-electron chi connectivity index (χ2n) is 5.49. The lowest BCUT2D eigenvalue weighted by molar-refractivity contribution is 0.0976. The van der Waals surface area contributed by atoms with Crippen molar-refractivity contribution in [2.75, 3.05) is 25.1 Å². The zero-order chi connectivity index (χ0) is 17.8. The number of carbonyl (C=O) groups is 1. The first-order valence-electron chi connectivity index (χ1n) is 7.81.